The first-order chi connectivity index (χ1) is 7.24. The van der Waals surface area contributed by atoms with Crippen LogP contribution in [-0.4, -0.2) is 29.9 Å². The standard InChI is InChI=1S/C12H24N2O/c1-2-14(10-6-9-12(13)15)11-7-4-3-5-8-11/h11H,2-10H2,1H3,(H2,13,15). The third-order valence-corrected chi connectivity index (χ3v) is 3.37. The van der Waals surface area contributed by atoms with E-state index in [2.05, 4.69) is 11.8 Å². The Morgan fingerprint density at radius 2 is 2.00 bits per heavy atom. The number of hydrogen-bond donors (Lipinski definition) is 1. The molecule has 0 radical (unpaired) electrons. The van der Waals surface area contributed by atoms with Gasteiger partial charge in [0.15, 0.2) is 0 Å². The molecule has 0 saturated heterocycles. The van der Waals surface area contributed by atoms with E-state index in [9.17, 15) is 4.79 Å². The maximum Gasteiger partial charge on any atom is 0.217 e. The highest BCUT2D eigenvalue weighted by Gasteiger charge is 2.19. The Balaban J connectivity index is 2.24. The number of carbonyl (C=O) groups excluding carboxylic acids is 1. The van der Waals surface area contributed by atoms with Crippen LogP contribution in [-0.2, 0) is 4.79 Å². The van der Waals surface area contributed by atoms with E-state index in [0.29, 0.717) is 6.42 Å². The molecule has 1 fully saturated rings. The second-order valence-corrected chi connectivity index (χ2v) is 4.49. The summed E-state index contributed by atoms with van der Waals surface area (Å²) < 4.78 is 0. The highest BCUT2D eigenvalue weighted by atomic mass is 16.1. The molecule has 2 N–H and O–H groups in total. The van der Waals surface area contributed by atoms with Crippen LogP contribution in [0.1, 0.15) is 51.9 Å². The van der Waals surface area contributed by atoms with E-state index in [1.54, 1.807) is 0 Å². The molecule has 0 atom stereocenters. The van der Waals surface area contributed by atoms with Crippen molar-refractivity contribution in [2.24, 2.45) is 5.73 Å². The van der Waals surface area contributed by atoms with Gasteiger partial charge in [-0.25, -0.2) is 0 Å². The Hall–Kier alpha value is -0.570. The van der Waals surface area contributed by atoms with Gasteiger partial charge in [0.2, 0.25) is 5.91 Å². The summed E-state index contributed by atoms with van der Waals surface area (Å²) in [6.45, 7) is 4.34. The number of carbonyl (C=O) groups is 1. The second kappa shape index (κ2) is 6.83. The van der Waals surface area contributed by atoms with Crippen molar-refractivity contribution in [2.75, 3.05) is 13.1 Å². The third-order valence-electron chi connectivity index (χ3n) is 3.37. The van der Waals surface area contributed by atoms with Crippen molar-refractivity contribution in [1.29, 1.82) is 0 Å². The molecule has 0 spiro atoms. The minimum absolute atomic E-state index is 0.172. The van der Waals surface area contributed by atoms with Crippen LogP contribution in [0.2, 0.25) is 0 Å². The molecule has 15 heavy (non-hydrogen) atoms. The molecule has 0 aliphatic heterocycles. The molecule has 3 nitrogen and oxygen atoms in total. The minimum atomic E-state index is -0.172. The molecule has 1 saturated carbocycles. The van der Waals surface area contributed by atoms with Crippen LogP contribution in [0.25, 0.3) is 0 Å². The van der Waals surface area contributed by atoms with Crippen LogP contribution in [0, 0.1) is 0 Å². The number of primary amides is 1. The second-order valence-electron chi connectivity index (χ2n) is 4.49. The predicted octanol–water partition coefficient (Wildman–Crippen LogP) is 1.91. The van der Waals surface area contributed by atoms with E-state index in [0.717, 1.165) is 25.6 Å². The fourth-order valence-electron chi connectivity index (χ4n) is 2.50. The lowest BCUT2D eigenvalue weighted by molar-refractivity contribution is -0.118. The molecular formula is C12H24N2O. The number of nitrogens with zero attached hydrogens (tertiary/aromatic N) is 1. The van der Waals surface area contributed by atoms with Gasteiger partial charge in [0, 0.05) is 12.5 Å². The summed E-state index contributed by atoms with van der Waals surface area (Å²) in [4.78, 5) is 13.2. The highest BCUT2D eigenvalue weighted by molar-refractivity contribution is 5.73. The normalized spacial score (nSPS) is 18.3. The van der Waals surface area contributed by atoms with Gasteiger partial charge in [-0.1, -0.05) is 26.2 Å². The minimum Gasteiger partial charge on any atom is -0.370 e. The fourth-order valence-corrected chi connectivity index (χ4v) is 2.50. The van der Waals surface area contributed by atoms with Gasteiger partial charge < -0.3 is 10.6 Å². The average molecular weight is 212 g/mol. The van der Waals surface area contributed by atoms with Crippen molar-refractivity contribution in [3.05, 3.63) is 0 Å². The van der Waals surface area contributed by atoms with Crippen LogP contribution in [0.3, 0.4) is 0 Å². The average Bonchev–Trinajstić information content (AvgIpc) is 2.25. The van der Waals surface area contributed by atoms with Crippen LogP contribution >= 0.6 is 0 Å². The molecule has 0 aromatic heterocycles. The van der Waals surface area contributed by atoms with E-state index < -0.39 is 0 Å². The van der Waals surface area contributed by atoms with Crippen molar-refractivity contribution >= 4 is 5.91 Å². The smallest absolute Gasteiger partial charge is 0.217 e. The maximum atomic E-state index is 10.6. The van der Waals surface area contributed by atoms with Crippen molar-refractivity contribution in [3.8, 4) is 0 Å². The zero-order chi connectivity index (χ0) is 11.1. The SMILES string of the molecule is CCN(CCCC(N)=O)C1CCCCC1. The van der Waals surface area contributed by atoms with Crippen LogP contribution in [0.4, 0.5) is 0 Å². The molecule has 88 valence electrons. The molecule has 0 aromatic rings. The molecular weight excluding hydrogens is 188 g/mol. The van der Waals surface area contributed by atoms with Crippen LogP contribution in [0.15, 0.2) is 0 Å². The molecule has 0 heterocycles. The van der Waals surface area contributed by atoms with E-state index >= 15 is 0 Å². The molecule has 1 aliphatic rings. The summed E-state index contributed by atoms with van der Waals surface area (Å²) in [5.74, 6) is -0.172. The molecule has 1 amide bonds. The molecule has 3 heteroatoms. The van der Waals surface area contributed by atoms with Crippen molar-refractivity contribution in [2.45, 2.75) is 57.9 Å². The first-order valence-corrected chi connectivity index (χ1v) is 6.26. The molecule has 0 bridgehead atoms. The van der Waals surface area contributed by atoms with Crippen molar-refractivity contribution in [1.82, 2.24) is 4.90 Å². The lowest BCUT2D eigenvalue weighted by Crippen LogP contribution is -2.37. The zero-order valence-electron chi connectivity index (χ0n) is 9.87. The van der Waals surface area contributed by atoms with Gasteiger partial charge in [-0.15, -0.1) is 0 Å². The Morgan fingerprint density at radius 1 is 1.33 bits per heavy atom. The summed E-state index contributed by atoms with van der Waals surface area (Å²) >= 11 is 0. The zero-order valence-corrected chi connectivity index (χ0v) is 9.87. The maximum absolute atomic E-state index is 10.6. The van der Waals surface area contributed by atoms with Gasteiger partial charge in [-0.2, -0.15) is 0 Å². The topological polar surface area (TPSA) is 46.3 Å². The lowest BCUT2D eigenvalue weighted by Gasteiger charge is -2.33. The van der Waals surface area contributed by atoms with Gasteiger partial charge in [-0.3, -0.25) is 4.79 Å². The van der Waals surface area contributed by atoms with Gasteiger partial charge in [0.25, 0.3) is 0 Å². The van der Waals surface area contributed by atoms with Crippen LogP contribution < -0.4 is 5.73 Å². The highest BCUT2D eigenvalue weighted by Crippen LogP contribution is 2.22. The summed E-state index contributed by atoms with van der Waals surface area (Å²) in [7, 11) is 0. The quantitative estimate of drug-likeness (QED) is 0.731. The van der Waals surface area contributed by atoms with Gasteiger partial charge >= 0.3 is 0 Å². The largest absolute Gasteiger partial charge is 0.370 e. The van der Waals surface area contributed by atoms with E-state index in [-0.39, 0.29) is 5.91 Å². The summed E-state index contributed by atoms with van der Waals surface area (Å²) in [6, 6.07) is 0.761. The predicted molar refractivity (Wildman–Crippen MR) is 62.5 cm³/mol. The number of amides is 1. The van der Waals surface area contributed by atoms with Gasteiger partial charge in [-0.05, 0) is 32.4 Å². The molecule has 0 unspecified atom stereocenters. The van der Waals surface area contributed by atoms with Crippen molar-refractivity contribution in [3.63, 3.8) is 0 Å². The van der Waals surface area contributed by atoms with Crippen molar-refractivity contribution < 1.29 is 4.79 Å². The molecule has 0 aromatic carbocycles. The fraction of sp³-hybridized carbons (Fsp3) is 0.917. The molecule has 1 rings (SSSR count). The summed E-state index contributed by atoms with van der Waals surface area (Å²) in [5, 5.41) is 0. The van der Waals surface area contributed by atoms with E-state index in [4.69, 9.17) is 5.73 Å². The van der Waals surface area contributed by atoms with Crippen LogP contribution in [0.5, 0.6) is 0 Å². The van der Waals surface area contributed by atoms with E-state index in [1.165, 1.54) is 32.1 Å². The Labute approximate surface area is 93.0 Å². The van der Waals surface area contributed by atoms with E-state index in [1.807, 2.05) is 0 Å². The monoisotopic (exact) mass is 212 g/mol. The first-order valence-electron chi connectivity index (χ1n) is 6.26. The number of nitrogens with two attached hydrogens (primary N) is 1. The first kappa shape index (κ1) is 12.5. The Bertz CT molecular complexity index is 188. The Kier molecular flexibility index (Phi) is 5.69. The number of hydrogen-bond acceptors (Lipinski definition) is 2. The molecule has 1 aliphatic carbocycles. The van der Waals surface area contributed by atoms with Gasteiger partial charge in [0.1, 0.15) is 0 Å². The Morgan fingerprint density at radius 3 is 2.53 bits per heavy atom. The summed E-state index contributed by atoms with van der Waals surface area (Å²) in [6.07, 6.45) is 8.26. The summed E-state index contributed by atoms with van der Waals surface area (Å²) in [5.41, 5.74) is 5.14. The lowest BCUT2D eigenvalue weighted by atomic mass is 9.94. The third kappa shape index (κ3) is 4.65. The van der Waals surface area contributed by atoms with Gasteiger partial charge in [0.05, 0.1) is 0 Å². The number of rotatable bonds is 6.